The topological polar surface area (TPSA) is 12.9 Å². The van der Waals surface area contributed by atoms with Gasteiger partial charge in [-0.25, -0.2) is 0 Å². The summed E-state index contributed by atoms with van der Waals surface area (Å²) in [5.74, 6) is 0. The molecule has 0 fully saturated rings. The average molecular weight is 620 g/mol. The Morgan fingerprint density at radius 1 is 0.391 bits per heavy atom. The number of nitrogens with zero attached hydrogens (tertiary/aromatic N) is 1. The molecule has 0 unspecified atom stereocenters. The first-order chi connectivity index (χ1) is 22.8. The third-order valence-electron chi connectivity index (χ3n) is 9.29. The summed E-state index contributed by atoms with van der Waals surface area (Å²) in [6.07, 6.45) is 1.91. The van der Waals surface area contributed by atoms with Crippen molar-refractivity contribution in [3.8, 4) is 33.4 Å². The van der Waals surface area contributed by atoms with Crippen LogP contribution >= 0.6 is 22.7 Å². The highest BCUT2D eigenvalue weighted by Crippen LogP contribution is 2.45. The third kappa shape index (κ3) is 3.89. The van der Waals surface area contributed by atoms with Crippen LogP contribution < -0.4 is 0 Å². The van der Waals surface area contributed by atoms with Gasteiger partial charge in [-0.05, 0) is 75.2 Å². The van der Waals surface area contributed by atoms with Gasteiger partial charge in [0.25, 0.3) is 0 Å². The molecule has 0 aliphatic heterocycles. The van der Waals surface area contributed by atoms with E-state index in [2.05, 4.69) is 140 Å². The highest BCUT2D eigenvalue weighted by atomic mass is 32.1. The summed E-state index contributed by atoms with van der Waals surface area (Å²) in [5, 5.41) is 8.83. The van der Waals surface area contributed by atoms with Gasteiger partial charge in [0.05, 0.1) is 5.52 Å². The smallest absolute Gasteiger partial charge is 0.0786 e. The number of thiophene rings is 2. The summed E-state index contributed by atoms with van der Waals surface area (Å²) in [4.78, 5) is 4.89. The van der Waals surface area contributed by atoms with E-state index in [0.29, 0.717) is 0 Å². The van der Waals surface area contributed by atoms with Gasteiger partial charge in [0.1, 0.15) is 0 Å². The summed E-state index contributed by atoms with van der Waals surface area (Å²) < 4.78 is 5.31. The van der Waals surface area contributed by atoms with Crippen molar-refractivity contribution in [3.05, 3.63) is 152 Å². The Morgan fingerprint density at radius 2 is 0.891 bits per heavy atom. The maximum Gasteiger partial charge on any atom is 0.0786 e. The first kappa shape index (κ1) is 25.9. The van der Waals surface area contributed by atoms with E-state index in [-0.39, 0.29) is 0 Å². The molecule has 7 aromatic carbocycles. The monoisotopic (exact) mass is 619 g/mol. The molecule has 10 aromatic rings. The second-order valence-electron chi connectivity index (χ2n) is 11.9. The van der Waals surface area contributed by atoms with E-state index in [0.717, 1.165) is 10.9 Å². The molecular formula is C43H25NS2. The number of benzene rings is 7. The lowest BCUT2D eigenvalue weighted by molar-refractivity contribution is 1.43. The zero-order chi connectivity index (χ0) is 30.2. The Morgan fingerprint density at radius 3 is 1.54 bits per heavy atom. The second-order valence-corrected chi connectivity index (χ2v) is 14.0. The van der Waals surface area contributed by atoms with Crippen LogP contribution in [0, 0.1) is 0 Å². The standard InChI is InChI=1S/C43H25NS2/c1-3-18-38-34(11-1)36-16-6-14-32(42(36)45-38)29-23-28(31-13-5-9-26-20-21-27-10-8-22-44-41(27)40(26)31)24-30(25-29)33-15-7-17-37-35-12-2-4-19-39(35)46-43(33)37/h1-25H. The summed E-state index contributed by atoms with van der Waals surface area (Å²) in [5.41, 5.74) is 8.45. The lowest BCUT2D eigenvalue weighted by Gasteiger charge is -2.15. The molecular weight excluding hydrogens is 595 g/mol. The van der Waals surface area contributed by atoms with E-state index in [4.69, 9.17) is 4.98 Å². The van der Waals surface area contributed by atoms with Crippen LogP contribution in [-0.2, 0) is 0 Å². The van der Waals surface area contributed by atoms with Crippen LogP contribution in [-0.4, -0.2) is 4.98 Å². The van der Waals surface area contributed by atoms with E-state index in [1.54, 1.807) is 0 Å². The third-order valence-corrected chi connectivity index (χ3v) is 11.7. The minimum Gasteiger partial charge on any atom is -0.256 e. The number of aromatic nitrogens is 1. The first-order valence-corrected chi connectivity index (χ1v) is 17.2. The average Bonchev–Trinajstić information content (AvgIpc) is 3.70. The van der Waals surface area contributed by atoms with Crippen molar-refractivity contribution in [1.82, 2.24) is 4.98 Å². The van der Waals surface area contributed by atoms with Gasteiger partial charge < -0.3 is 0 Å². The molecule has 1 nitrogen and oxygen atoms in total. The minimum atomic E-state index is 1.04. The van der Waals surface area contributed by atoms with E-state index in [9.17, 15) is 0 Å². The quantitative estimate of drug-likeness (QED) is 0.179. The Hall–Kier alpha value is -5.35. The number of hydrogen-bond donors (Lipinski definition) is 0. The predicted molar refractivity (Wildman–Crippen MR) is 201 cm³/mol. The van der Waals surface area contributed by atoms with Gasteiger partial charge in [0.15, 0.2) is 0 Å². The highest BCUT2D eigenvalue weighted by Gasteiger charge is 2.17. The fourth-order valence-corrected chi connectivity index (χ4v) is 9.67. The Bertz CT molecular complexity index is 2690. The maximum absolute atomic E-state index is 4.89. The van der Waals surface area contributed by atoms with Crippen molar-refractivity contribution >= 4 is 84.7 Å². The van der Waals surface area contributed by atoms with Gasteiger partial charge in [0, 0.05) is 57.3 Å². The number of rotatable bonds is 3. The van der Waals surface area contributed by atoms with Gasteiger partial charge in [-0.15, -0.1) is 22.7 Å². The van der Waals surface area contributed by atoms with Crippen molar-refractivity contribution in [2.24, 2.45) is 0 Å². The molecule has 3 aromatic heterocycles. The molecule has 3 heterocycles. The molecule has 46 heavy (non-hydrogen) atoms. The van der Waals surface area contributed by atoms with Gasteiger partial charge in [-0.2, -0.15) is 0 Å². The number of pyridine rings is 1. The Labute approximate surface area is 273 Å². The van der Waals surface area contributed by atoms with Crippen molar-refractivity contribution < 1.29 is 0 Å². The van der Waals surface area contributed by atoms with Crippen molar-refractivity contribution in [2.75, 3.05) is 0 Å². The number of hydrogen-bond acceptors (Lipinski definition) is 3. The number of fused-ring (bicyclic) bond motifs is 9. The van der Waals surface area contributed by atoms with Crippen LogP contribution in [0.4, 0.5) is 0 Å². The largest absolute Gasteiger partial charge is 0.256 e. The SMILES string of the molecule is c1cnc2c(c1)ccc1cccc(-c3cc(-c4cccc5c4sc4ccccc45)cc(-c4cccc5c4sc4ccccc45)c3)c12. The summed E-state index contributed by atoms with van der Waals surface area (Å²) in [6.45, 7) is 0. The fraction of sp³-hybridized carbons (Fsp3) is 0. The summed E-state index contributed by atoms with van der Waals surface area (Å²) >= 11 is 3.78. The molecule has 0 aliphatic carbocycles. The van der Waals surface area contributed by atoms with Gasteiger partial charge in [0.2, 0.25) is 0 Å². The van der Waals surface area contributed by atoms with Crippen LogP contribution in [0.2, 0.25) is 0 Å². The van der Waals surface area contributed by atoms with Crippen molar-refractivity contribution in [2.45, 2.75) is 0 Å². The molecule has 0 radical (unpaired) electrons. The second kappa shape index (κ2) is 10.1. The molecule has 0 aliphatic rings. The molecule has 0 atom stereocenters. The minimum absolute atomic E-state index is 1.04. The van der Waals surface area contributed by atoms with Crippen LogP contribution in [0.5, 0.6) is 0 Å². The predicted octanol–water partition coefficient (Wildman–Crippen LogP) is 13.1. The van der Waals surface area contributed by atoms with Crippen LogP contribution in [0.25, 0.3) is 95.4 Å². The van der Waals surface area contributed by atoms with Gasteiger partial charge in [-0.1, -0.05) is 109 Å². The van der Waals surface area contributed by atoms with Crippen molar-refractivity contribution in [3.63, 3.8) is 0 Å². The van der Waals surface area contributed by atoms with Crippen molar-refractivity contribution in [1.29, 1.82) is 0 Å². The zero-order valence-corrected chi connectivity index (χ0v) is 26.3. The molecule has 0 N–H and O–H groups in total. The Kier molecular flexibility index (Phi) is 5.68. The lowest BCUT2D eigenvalue weighted by atomic mass is 9.90. The first-order valence-electron chi connectivity index (χ1n) is 15.5. The van der Waals surface area contributed by atoms with Gasteiger partial charge in [-0.3, -0.25) is 4.98 Å². The van der Waals surface area contributed by atoms with E-state index in [1.165, 1.54) is 84.5 Å². The molecule has 0 amide bonds. The normalized spacial score (nSPS) is 11.9. The van der Waals surface area contributed by atoms with Gasteiger partial charge >= 0.3 is 0 Å². The fourth-order valence-electron chi connectivity index (χ4n) is 7.20. The Balaban J connectivity index is 1.31. The van der Waals surface area contributed by atoms with E-state index in [1.807, 2.05) is 34.9 Å². The molecule has 0 saturated heterocycles. The van der Waals surface area contributed by atoms with Crippen LogP contribution in [0.1, 0.15) is 0 Å². The highest BCUT2D eigenvalue weighted by molar-refractivity contribution is 7.26. The van der Waals surface area contributed by atoms with Crippen LogP contribution in [0.15, 0.2) is 152 Å². The zero-order valence-electron chi connectivity index (χ0n) is 24.7. The summed E-state index contributed by atoms with van der Waals surface area (Å²) in [7, 11) is 0. The molecule has 3 heteroatoms. The lowest BCUT2D eigenvalue weighted by Crippen LogP contribution is -1.89. The molecule has 0 saturated carbocycles. The molecule has 10 rings (SSSR count). The van der Waals surface area contributed by atoms with Crippen LogP contribution in [0.3, 0.4) is 0 Å². The maximum atomic E-state index is 4.89. The van der Waals surface area contributed by atoms with E-state index < -0.39 is 0 Å². The summed E-state index contributed by atoms with van der Waals surface area (Å²) in [6, 6.07) is 53.5. The van der Waals surface area contributed by atoms with E-state index >= 15 is 0 Å². The molecule has 0 bridgehead atoms. The molecule has 214 valence electrons. The molecule has 0 spiro atoms.